The van der Waals surface area contributed by atoms with Crippen molar-refractivity contribution in [1.82, 2.24) is 0 Å². The summed E-state index contributed by atoms with van der Waals surface area (Å²) in [6.07, 6.45) is -0.117. The molecular weight excluding hydrogens is 354 g/mol. The molecule has 0 fully saturated rings. The predicted octanol–water partition coefficient (Wildman–Crippen LogP) is 2.32. The van der Waals surface area contributed by atoms with Crippen LogP contribution in [0.2, 0.25) is 0 Å². The molecule has 1 unspecified atom stereocenters. The molecule has 9 heteroatoms. The lowest BCUT2D eigenvalue weighted by molar-refractivity contribution is -0.154. The van der Waals surface area contributed by atoms with Gasteiger partial charge in [0.05, 0.1) is 20.6 Å². The number of anilines is 1. The number of rotatable bonds is 8. The maximum Gasteiger partial charge on any atom is 0.338 e. The Balaban J connectivity index is 3.07. The Labute approximate surface area is 158 Å². The topological polar surface area (TPSA) is 117 Å². The highest BCUT2D eigenvalue weighted by atomic mass is 16.6. The molecule has 1 amide bonds. The Bertz CT molecular complexity index is 681. The number of amides is 1. The van der Waals surface area contributed by atoms with Crippen molar-refractivity contribution in [2.75, 3.05) is 25.7 Å². The Morgan fingerprint density at radius 3 is 2.19 bits per heavy atom. The average Bonchev–Trinajstić information content (AvgIpc) is 2.61. The van der Waals surface area contributed by atoms with Crippen LogP contribution in [0.5, 0.6) is 5.75 Å². The number of nitrogens with zero attached hydrogens (tertiary/aromatic N) is 3. The third-order valence-corrected chi connectivity index (χ3v) is 3.38. The summed E-state index contributed by atoms with van der Waals surface area (Å²) in [7, 11) is 2.57. The van der Waals surface area contributed by atoms with Gasteiger partial charge in [0.2, 0.25) is 6.04 Å². The molecule has 27 heavy (non-hydrogen) atoms. The molecule has 0 spiro atoms. The van der Waals surface area contributed by atoms with E-state index in [-0.39, 0.29) is 13.0 Å². The van der Waals surface area contributed by atoms with Gasteiger partial charge in [-0.15, -0.1) is 0 Å². The first-order valence-electron chi connectivity index (χ1n) is 8.22. The maximum atomic E-state index is 12.7. The van der Waals surface area contributed by atoms with E-state index in [2.05, 4.69) is 9.85 Å². The minimum absolute atomic E-state index is 0.0803. The van der Waals surface area contributed by atoms with Crippen LogP contribution in [0.3, 0.4) is 0 Å². The van der Waals surface area contributed by atoms with E-state index in [1.807, 2.05) is 0 Å². The number of hydrogen-bond acceptors (Lipinski definition) is 7. The number of carbonyl (C=O) groups excluding carboxylic acids is 3. The molecule has 1 rings (SSSR count). The molecule has 1 atom stereocenters. The van der Waals surface area contributed by atoms with Crippen LogP contribution < -0.4 is 9.64 Å². The molecule has 0 saturated carbocycles. The molecule has 0 radical (unpaired) electrons. The van der Waals surface area contributed by atoms with Crippen molar-refractivity contribution in [2.45, 2.75) is 38.8 Å². The molecule has 0 saturated heterocycles. The molecule has 0 aliphatic heterocycles. The lowest BCUT2D eigenvalue weighted by Crippen LogP contribution is -2.44. The second-order valence-corrected chi connectivity index (χ2v) is 6.57. The van der Waals surface area contributed by atoms with Crippen LogP contribution in [0.25, 0.3) is 5.53 Å². The van der Waals surface area contributed by atoms with Crippen molar-refractivity contribution >= 4 is 23.5 Å². The zero-order chi connectivity index (χ0) is 20.6. The van der Waals surface area contributed by atoms with Gasteiger partial charge in [0, 0.05) is 12.2 Å². The monoisotopic (exact) mass is 378 g/mol. The quantitative estimate of drug-likeness (QED) is 0.389. The molecule has 148 valence electrons. The molecular formula is C18H24N3O6-. The van der Waals surface area contributed by atoms with Gasteiger partial charge in [-0.3, -0.25) is 9.59 Å². The minimum atomic E-state index is -1.75. The summed E-state index contributed by atoms with van der Waals surface area (Å²) in [4.78, 5) is 37.6. The van der Waals surface area contributed by atoms with Gasteiger partial charge in [-0.25, -0.2) is 4.79 Å². The summed E-state index contributed by atoms with van der Waals surface area (Å²) >= 11 is 0. The first-order valence-corrected chi connectivity index (χ1v) is 8.22. The smallest absolute Gasteiger partial charge is 0.338 e. The van der Waals surface area contributed by atoms with E-state index in [1.165, 1.54) is 7.11 Å². The number of methoxy groups -OCH3 is 2. The van der Waals surface area contributed by atoms with Gasteiger partial charge in [0.25, 0.3) is 5.91 Å². The summed E-state index contributed by atoms with van der Waals surface area (Å²) < 4.78 is 14.8. The largest absolute Gasteiger partial charge is 0.711 e. The summed E-state index contributed by atoms with van der Waals surface area (Å²) in [6, 6.07) is 4.64. The molecule has 9 nitrogen and oxygen atoms in total. The van der Waals surface area contributed by atoms with E-state index < -0.39 is 29.5 Å². The van der Waals surface area contributed by atoms with E-state index in [0.717, 1.165) is 12.0 Å². The summed E-state index contributed by atoms with van der Waals surface area (Å²) in [5, 5.41) is 2.82. The number of hydrogen-bond donors (Lipinski definition) is 0. The third-order valence-electron chi connectivity index (χ3n) is 3.38. The van der Waals surface area contributed by atoms with Crippen molar-refractivity contribution in [3.8, 4) is 5.75 Å². The number of benzene rings is 1. The van der Waals surface area contributed by atoms with Gasteiger partial charge in [-0.05, 0) is 45.0 Å². The van der Waals surface area contributed by atoms with Crippen molar-refractivity contribution < 1.29 is 28.6 Å². The first-order chi connectivity index (χ1) is 12.6. The molecule has 0 aliphatic carbocycles. The Kier molecular flexibility index (Phi) is 7.89. The standard InChI is InChI=1S/C18H24N3O6/c1-18(2,3)27-14(22)10-11-21(12-6-8-13(25-4)9-7-12)16(23)15(20-19)17(24)26-5/h6-9,15H,10-11H2,1-5H3/q-1. The SMILES string of the molecule is COC(=O)C(N=[N-])C(=O)N(CCC(=O)OC(C)(C)C)c1ccc(OC)cc1. The normalized spacial score (nSPS) is 11.9. The van der Waals surface area contributed by atoms with Crippen molar-refractivity contribution in [3.05, 3.63) is 29.8 Å². The lowest BCUT2D eigenvalue weighted by atomic mass is 10.2. The van der Waals surface area contributed by atoms with Gasteiger partial charge in [-0.2, -0.15) is 0 Å². The molecule has 0 aromatic heterocycles. The van der Waals surface area contributed by atoms with Crippen LogP contribution in [0.4, 0.5) is 5.69 Å². The molecule has 1 aromatic rings. The number of ether oxygens (including phenoxy) is 3. The Morgan fingerprint density at radius 2 is 1.74 bits per heavy atom. The van der Waals surface area contributed by atoms with E-state index in [1.54, 1.807) is 45.0 Å². The van der Waals surface area contributed by atoms with Crippen molar-refractivity contribution in [2.24, 2.45) is 5.11 Å². The van der Waals surface area contributed by atoms with Gasteiger partial charge < -0.3 is 29.8 Å². The van der Waals surface area contributed by atoms with Crippen LogP contribution in [0, 0.1) is 0 Å². The molecule has 0 N–H and O–H groups in total. The second-order valence-electron chi connectivity index (χ2n) is 6.57. The highest BCUT2D eigenvalue weighted by Gasteiger charge is 2.30. The van der Waals surface area contributed by atoms with Gasteiger partial charge in [-0.1, -0.05) is 0 Å². The molecule has 1 aromatic carbocycles. The fourth-order valence-corrected chi connectivity index (χ4v) is 2.18. The fraction of sp³-hybridized carbons (Fsp3) is 0.500. The van der Waals surface area contributed by atoms with Crippen molar-refractivity contribution in [1.29, 1.82) is 0 Å². The summed E-state index contributed by atoms with van der Waals surface area (Å²) in [5.41, 5.74) is 8.80. The number of esters is 2. The van der Waals surface area contributed by atoms with Crippen molar-refractivity contribution in [3.63, 3.8) is 0 Å². The Morgan fingerprint density at radius 1 is 1.15 bits per heavy atom. The summed E-state index contributed by atoms with van der Waals surface area (Å²) in [5.74, 6) is -1.80. The first kappa shape index (κ1) is 22.1. The van der Waals surface area contributed by atoms with E-state index in [9.17, 15) is 14.4 Å². The van der Waals surface area contributed by atoms with E-state index >= 15 is 0 Å². The average molecular weight is 378 g/mol. The zero-order valence-corrected chi connectivity index (χ0v) is 16.1. The highest BCUT2D eigenvalue weighted by Crippen LogP contribution is 2.21. The van der Waals surface area contributed by atoms with Crippen LogP contribution in [-0.2, 0) is 23.9 Å². The zero-order valence-electron chi connectivity index (χ0n) is 16.1. The van der Waals surface area contributed by atoms with Crippen LogP contribution in [0.15, 0.2) is 29.4 Å². The highest BCUT2D eigenvalue weighted by molar-refractivity contribution is 6.09. The maximum absolute atomic E-state index is 12.7. The Hall–Kier alpha value is -2.97. The number of carbonyl (C=O) groups is 3. The minimum Gasteiger partial charge on any atom is -0.711 e. The fourth-order valence-electron chi connectivity index (χ4n) is 2.18. The van der Waals surface area contributed by atoms with Crippen LogP contribution >= 0.6 is 0 Å². The molecule has 0 heterocycles. The van der Waals surface area contributed by atoms with E-state index in [4.69, 9.17) is 15.0 Å². The third kappa shape index (κ3) is 6.69. The predicted molar refractivity (Wildman–Crippen MR) is 97.4 cm³/mol. The van der Waals surface area contributed by atoms with Crippen LogP contribution in [0.1, 0.15) is 27.2 Å². The molecule has 0 bridgehead atoms. The molecule has 0 aliphatic rings. The van der Waals surface area contributed by atoms with E-state index in [0.29, 0.717) is 11.4 Å². The lowest BCUT2D eigenvalue weighted by Gasteiger charge is -2.26. The van der Waals surface area contributed by atoms with Crippen LogP contribution in [-0.4, -0.2) is 50.3 Å². The second kappa shape index (κ2) is 9.65. The van der Waals surface area contributed by atoms with Gasteiger partial charge in [0.1, 0.15) is 11.4 Å². The summed E-state index contributed by atoms with van der Waals surface area (Å²) in [6.45, 7) is 5.11. The van der Waals surface area contributed by atoms with Gasteiger partial charge >= 0.3 is 11.9 Å². The van der Waals surface area contributed by atoms with Gasteiger partial charge in [0.15, 0.2) is 0 Å².